The van der Waals surface area contributed by atoms with E-state index in [9.17, 15) is 4.79 Å². The summed E-state index contributed by atoms with van der Waals surface area (Å²) in [5.41, 5.74) is 0. The molecule has 106 valence electrons. The molecular formula is C14H27NO2S. The number of hydrogen-bond acceptors (Lipinski definition) is 4. The molecule has 1 aliphatic heterocycles. The summed E-state index contributed by atoms with van der Waals surface area (Å²) in [7, 11) is 0. The summed E-state index contributed by atoms with van der Waals surface area (Å²) in [6.07, 6.45) is 6.67. The lowest BCUT2D eigenvalue weighted by Gasteiger charge is -2.26. The second kappa shape index (κ2) is 9.68. The van der Waals surface area contributed by atoms with Crippen LogP contribution in [0.5, 0.6) is 0 Å². The van der Waals surface area contributed by atoms with Crippen LogP contribution in [-0.4, -0.2) is 41.7 Å². The van der Waals surface area contributed by atoms with Crippen molar-refractivity contribution < 1.29 is 9.53 Å². The minimum atomic E-state index is -0.0209. The van der Waals surface area contributed by atoms with Gasteiger partial charge in [-0.15, -0.1) is 11.8 Å². The highest BCUT2D eigenvalue weighted by atomic mass is 32.2. The van der Waals surface area contributed by atoms with E-state index in [1.807, 2.05) is 11.8 Å². The molecule has 0 radical (unpaired) electrons. The van der Waals surface area contributed by atoms with Crippen LogP contribution >= 0.6 is 11.8 Å². The third kappa shape index (κ3) is 6.64. The van der Waals surface area contributed by atoms with Crippen LogP contribution in [0.25, 0.3) is 0 Å². The third-order valence-electron chi connectivity index (χ3n) is 3.25. The van der Waals surface area contributed by atoms with E-state index in [0.29, 0.717) is 18.3 Å². The minimum absolute atomic E-state index is 0.0209. The molecule has 1 rings (SSSR count). The third-order valence-corrected chi connectivity index (χ3v) is 4.63. The van der Waals surface area contributed by atoms with E-state index in [1.54, 1.807) is 0 Å². The molecule has 1 heterocycles. The fourth-order valence-electron chi connectivity index (χ4n) is 2.01. The molecule has 0 amide bonds. The normalized spacial score (nSPS) is 20.2. The maximum Gasteiger partial charge on any atom is 0.306 e. The molecule has 18 heavy (non-hydrogen) atoms. The highest BCUT2D eigenvalue weighted by Crippen LogP contribution is 2.23. The largest absolute Gasteiger partial charge is 0.466 e. The van der Waals surface area contributed by atoms with Gasteiger partial charge in [-0.2, -0.15) is 0 Å². The lowest BCUT2D eigenvalue weighted by Crippen LogP contribution is -2.29. The average Bonchev–Trinajstić information content (AvgIpc) is 2.38. The Morgan fingerprint density at radius 2 is 1.94 bits per heavy atom. The van der Waals surface area contributed by atoms with E-state index in [4.69, 9.17) is 4.74 Å². The van der Waals surface area contributed by atoms with Crippen molar-refractivity contribution >= 4 is 17.7 Å². The van der Waals surface area contributed by atoms with E-state index in [1.165, 1.54) is 38.8 Å². The van der Waals surface area contributed by atoms with E-state index in [2.05, 4.69) is 18.7 Å². The van der Waals surface area contributed by atoms with Crippen molar-refractivity contribution in [2.24, 2.45) is 0 Å². The van der Waals surface area contributed by atoms with Crippen molar-refractivity contribution in [2.75, 3.05) is 25.6 Å². The summed E-state index contributed by atoms with van der Waals surface area (Å²) >= 11 is 1.94. The van der Waals surface area contributed by atoms with Gasteiger partial charge in [0, 0.05) is 11.1 Å². The molecule has 1 fully saturated rings. The van der Waals surface area contributed by atoms with Crippen LogP contribution in [0, 0.1) is 0 Å². The van der Waals surface area contributed by atoms with Gasteiger partial charge in [-0.05, 0) is 32.4 Å². The number of carbonyl (C=O) groups is 1. The molecule has 3 nitrogen and oxygen atoms in total. The Hall–Kier alpha value is -0.220. The van der Waals surface area contributed by atoms with Crippen LogP contribution in [-0.2, 0) is 9.53 Å². The number of cyclic esters (lactones) is 1. The van der Waals surface area contributed by atoms with Gasteiger partial charge in [-0.3, -0.25) is 9.69 Å². The van der Waals surface area contributed by atoms with Crippen LogP contribution in [0.15, 0.2) is 0 Å². The molecule has 1 atom stereocenters. The van der Waals surface area contributed by atoms with Crippen LogP contribution in [0.1, 0.15) is 52.4 Å². The molecule has 1 aliphatic rings. The maximum atomic E-state index is 11.2. The lowest BCUT2D eigenvalue weighted by molar-refractivity contribution is -0.146. The first-order valence-electron chi connectivity index (χ1n) is 7.25. The van der Waals surface area contributed by atoms with Crippen molar-refractivity contribution in [1.82, 2.24) is 4.90 Å². The fourth-order valence-corrected chi connectivity index (χ4v) is 3.21. The van der Waals surface area contributed by atoms with Gasteiger partial charge in [-0.1, -0.05) is 26.7 Å². The smallest absolute Gasteiger partial charge is 0.306 e. The Kier molecular flexibility index (Phi) is 8.51. The number of rotatable bonds is 9. The van der Waals surface area contributed by atoms with Crippen LogP contribution in [0.3, 0.4) is 0 Å². The molecule has 0 aromatic carbocycles. The number of hydrogen-bond donors (Lipinski definition) is 0. The summed E-state index contributed by atoms with van der Waals surface area (Å²) in [5, 5.41) is 0.469. The monoisotopic (exact) mass is 273 g/mol. The first-order valence-corrected chi connectivity index (χ1v) is 8.30. The first-order chi connectivity index (χ1) is 8.76. The topological polar surface area (TPSA) is 29.5 Å². The second-order valence-corrected chi connectivity index (χ2v) is 6.21. The Morgan fingerprint density at radius 1 is 1.28 bits per heavy atom. The Morgan fingerprint density at radius 3 is 2.50 bits per heavy atom. The van der Waals surface area contributed by atoms with Crippen molar-refractivity contribution in [3.8, 4) is 0 Å². The zero-order valence-electron chi connectivity index (χ0n) is 11.8. The molecule has 0 spiro atoms. The number of esters is 1. The van der Waals surface area contributed by atoms with Gasteiger partial charge in [0.25, 0.3) is 0 Å². The molecule has 0 saturated carbocycles. The second-order valence-electron chi connectivity index (χ2n) is 4.96. The summed E-state index contributed by atoms with van der Waals surface area (Å²) in [5.74, 6) is 1.05. The SMILES string of the molecule is CCCCN(CCCC)CSC1CCOC(=O)C1. The highest BCUT2D eigenvalue weighted by Gasteiger charge is 2.21. The van der Waals surface area contributed by atoms with Crippen molar-refractivity contribution in [2.45, 2.75) is 57.6 Å². The average molecular weight is 273 g/mol. The van der Waals surface area contributed by atoms with Crippen molar-refractivity contribution in [3.63, 3.8) is 0 Å². The molecule has 1 saturated heterocycles. The van der Waals surface area contributed by atoms with E-state index >= 15 is 0 Å². The van der Waals surface area contributed by atoms with Gasteiger partial charge in [0.05, 0.1) is 13.0 Å². The predicted octanol–water partition coefficient (Wildman–Crippen LogP) is 3.28. The minimum Gasteiger partial charge on any atom is -0.466 e. The molecule has 4 heteroatoms. The van der Waals surface area contributed by atoms with E-state index in [-0.39, 0.29) is 5.97 Å². The van der Waals surface area contributed by atoms with Gasteiger partial charge in [0.2, 0.25) is 0 Å². The number of unbranched alkanes of at least 4 members (excludes halogenated alkanes) is 2. The van der Waals surface area contributed by atoms with Gasteiger partial charge in [0.15, 0.2) is 0 Å². The summed E-state index contributed by atoms with van der Waals surface area (Å²) in [6.45, 7) is 7.48. The van der Waals surface area contributed by atoms with Crippen LogP contribution in [0.2, 0.25) is 0 Å². The molecule has 0 bridgehead atoms. The molecule has 0 N–H and O–H groups in total. The number of nitrogens with zero attached hydrogens (tertiary/aromatic N) is 1. The van der Waals surface area contributed by atoms with Gasteiger partial charge >= 0.3 is 5.97 Å². The first kappa shape index (κ1) is 15.8. The fraction of sp³-hybridized carbons (Fsp3) is 0.929. The van der Waals surface area contributed by atoms with Crippen molar-refractivity contribution in [1.29, 1.82) is 0 Å². The number of carbonyl (C=O) groups excluding carboxylic acids is 1. The molecule has 0 aliphatic carbocycles. The maximum absolute atomic E-state index is 11.2. The zero-order valence-corrected chi connectivity index (χ0v) is 12.6. The Balaban J connectivity index is 2.23. The van der Waals surface area contributed by atoms with Crippen molar-refractivity contribution in [3.05, 3.63) is 0 Å². The van der Waals surface area contributed by atoms with Gasteiger partial charge < -0.3 is 4.74 Å². The van der Waals surface area contributed by atoms with E-state index < -0.39 is 0 Å². The zero-order chi connectivity index (χ0) is 13.2. The van der Waals surface area contributed by atoms with Crippen LogP contribution in [0.4, 0.5) is 0 Å². The summed E-state index contributed by atoms with van der Waals surface area (Å²) < 4.78 is 4.98. The van der Waals surface area contributed by atoms with Crippen LogP contribution < -0.4 is 0 Å². The quantitative estimate of drug-likeness (QED) is 0.476. The summed E-state index contributed by atoms with van der Waals surface area (Å²) in [4.78, 5) is 13.8. The molecular weight excluding hydrogens is 246 g/mol. The highest BCUT2D eigenvalue weighted by molar-refractivity contribution is 7.99. The Labute approximate surface area is 116 Å². The number of ether oxygens (including phenoxy) is 1. The molecule has 0 aromatic rings. The van der Waals surface area contributed by atoms with Gasteiger partial charge in [0.1, 0.15) is 0 Å². The molecule has 0 aromatic heterocycles. The van der Waals surface area contributed by atoms with E-state index in [0.717, 1.165) is 12.3 Å². The number of thioether (sulfide) groups is 1. The standard InChI is InChI=1S/C14H27NO2S/c1-3-5-8-15(9-6-4-2)12-18-13-7-10-17-14(16)11-13/h13H,3-12H2,1-2H3. The Bertz CT molecular complexity index is 228. The predicted molar refractivity (Wildman–Crippen MR) is 77.8 cm³/mol. The van der Waals surface area contributed by atoms with Gasteiger partial charge in [-0.25, -0.2) is 0 Å². The molecule has 1 unspecified atom stereocenters. The summed E-state index contributed by atoms with van der Waals surface area (Å²) in [6, 6.07) is 0. The lowest BCUT2D eigenvalue weighted by atomic mass is 10.2.